The summed E-state index contributed by atoms with van der Waals surface area (Å²) in [6.07, 6.45) is 0.479. The highest BCUT2D eigenvalue weighted by atomic mass is 16.2. The van der Waals surface area contributed by atoms with E-state index in [1.165, 1.54) is 4.63 Å². The summed E-state index contributed by atoms with van der Waals surface area (Å²) in [6.45, 7) is 6.80. The third-order valence-corrected chi connectivity index (χ3v) is 3.36. The summed E-state index contributed by atoms with van der Waals surface area (Å²) in [6, 6.07) is 3.66. The molecule has 0 radical (unpaired) electrons. The van der Waals surface area contributed by atoms with Gasteiger partial charge in [0.2, 0.25) is 5.91 Å². The number of carbonyl (C=O) groups excluding carboxylic acids is 1. The molecule has 0 aromatic carbocycles. The van der Waals surface area contributed by atoms with E-state index in [9.17, 15) is 4.79 Å². The summed E-state index contributed by atoms with van der Waals surface area (Å²) in [5.74, 6) is 0.830. The van der Waals surface area contributed by atoms with Gasteiger partial charge in [-0.05, 0) is 43.3 Å². The van der Waals surface area contributed by atoms with Gasteiger partial charge in [-0.15, -0.1) is 14.8 Å². The standard InChI is InChI=1S/C12H17N7O/c1-12(2,3)18-7-8(6-11(18)20)13-9-4-5-10-14-16-17-19(10)15-9/h4-5,8H,6-7H2,1-3H3,(H,13,15). The molecule has 3 rings (SSSR count). The number of rotatable bonds is 2. The van der Waals surface area contributed by atoms with E-state index in [0.29, 0.717) is 24.4 Å². The van der Waals surface area contributed by atoms with Crippen molar-refractivity contribution in [1.82, 2.24) is 30.2 Å². The maximum absolute atomic E-state index is 12.0. The molecule has 3 heterocycles. The van der Waals surface area contributed by atoms with Gasteiger partial charge >= 0.3 is 0 Å². The van der Waals surface area contributed by atoms with Gasteiger partial charge in [-0.2, -0.15) is 0 Å². The highest BCUT2D eigenvalue weighted by Crippen LogP contribution is 2.23. The Morgan fingerprint density at radius 2 is 2.15 bits per heavy atom. The van der Waals surface area contributed by atoms with Crippen molar-refractivity contribution < 1.29 is 4.79 Å². The lowest BCUT2D eigenvalue weighted by molar-refractivity contribution is -0.131. The molecule has 1 fully saturated rings. The van der Waals surface area contributed by atoms with E-state index in [1.807, 2.05) is 31.7 Å². The molecule has 8 heteroatoms. The Bertz CT molecular complexity index is 645. The number of fused-ring (bicyclic) bond motifs is 1. The Labute approximate surface area is 116 Å². The summed E-state index contributed by atoms with van der Waals surface area (Å²) in [7, 11) is 0. The molecular weight excluding hydrogens is 258 g/mol. The Morgan fingerprint density at radius 3 is 2.85 bits per heavy atom. The first kappa shape index (κ1) is 12.8. The SMILES string of the molecule is CC(C)(C)N1CC(Nc2ccc3nnnn3n2)CC1=O. The molecule has 2 aromatic rings. The van der Waals surface area contributed by atoms with E-state index in [2.05, 4.69) is 25.9 Å². The number of amides is 1. The topological polar surface area (TPSA) is 88.3 Å². The largest absolute Gasteiger partial charge is 0.364 e. The maximum Gasteiger partial charge on any atom is 0.225 e. The molecule has 1 unspecified atom stereocenters. The smallest absolute Gasteiger partial charge is 0.225 e. The van der Waals surface area contributed by atoms with Crippen LogP contribution in [-0.4, -0.2) is 54.2 Å². The molecule has 1 N–H and O–H groups in total. The molecule has 0 saturated carbocycles. The van der Waals surface area contributed by atoms with Crippen LogP contribution in [0.1, 0.15) is 27.2 Å². The minimum absolute atomic E-state index is 0.0585. The van der Waals surface area contributed by atoms with Crippen molar-refractivity contribution in [2.45, 2.75) is 38.8 Å². The zero-order valence-electron chi connectivity index (χ0n) is 11.7. The number of hydrogen-bond donors (Lipinski definition) is 1. The van der Waals surface area contributed by atoms with Gasteiger partial charge < -0.3 is 10.2 Å². The first-order valence-corrected chi connectivity index (χ1v) is 6.56. The number of nitrogens with one attached hydrogen (secondary N) is 1. The zero-order chi connectivity index (χ0) is 14.3. The van der Waals surface area contributed by atoms with Gasteiger partial charge in [-0.3, -0.25) is 4.79 Å². The van der Waals surface area contributed by atoms with Crippen LogP contribution in [0, 0.1) is 0 Å². The Kier molecular flexibility index (Phi) is 2.81. The predicted octanol–water partition coefficient (Wildman–Crippen LogP) is 0.331. The second-order valence-electron chi connectivity index (χ2n) is 5.97. The van der Waals surface area contributed by atoms with Gasteiger partial charge in [0.1, 0.15) is 5.82 Å². The number of anilines is 1. The average molecular weight is 275 g/mol. The van der Waals surface area contributed by atoms with E-state index < -0.39 is 0 Å². The van der Waals surface area contributed by atoms with Crippen LogP contribution in [0.4, 0.5) is 5.82 Å². The summed E-state index contributed by atoms with van der Waals surface area (Å²) < 4.78 is 1.36. The maximum atomic E-state index is 12.0. The van der Waals surface area contributed by atoms with Crippen molar-refractivity contribution in [2.75, 3.05) is 11.9 Å². The Balaban J connectivity index is 1.74. The van der Waals surface area contributed by atoms with Gasteiger partial charge in [-0.25, -0.2) is 0 Å². The second-order valence-corrected chi connectivity index (χ2v) is 5.97. The monoisotopic (exact) mass is 275 g/mol. The van der Waals surface area contributed by atoms with Gasteiger partial charge in [0.25, 0.3) is 0 Å². The lowest BCUT2D eigenvalue weighted by Gasteiger charge is -2.32. The number of aromatic nitrogens is 5. The van der Waals surface area contributed by atoms with Crippen LogP contribution in [-0.2, 0) is 4.79 Å². The number of nitrogens with zero attached hydrogens (tertiary/aromatic N) is 6. The number of hydrogen-bond acceptors (Lipinski definition) is 6. The van der Waals surface area contributed by atoms with Gasteiger partial charge in [0.05, 0.1) is 6.04 Å². The van der Waals surface area contributed by atoms with Crippen LogP contribution in [0.2, 0.25) is 0 Å². The minimum atomic E-state index is -0.152. The summed E-state index contributed by atoms with van der Waals surface area (Å²) >= 11 is 0. The number of carbonyl (C=O) groups is 1. The first-order valence-electron chi connectivity index (χ1n) is 6.56. The Hall–Kier alpha value is -2.25. The molecule has 20 heavy (non-hydrogen) atoms. The third kappa shape index (κ3) is 2.28. The zero-order valence-corrected chi connectivity index (χ0v) is 11.7. The Morgan fingerprint density at radius 1 is 1.35 bits per heavy atom. The fraction of sp³-hybridized carbons (Fsp3) is 0.583. The first-order chi connectivity index (χ1) is 9.43. The molecule has 1 saturated heterocycles. The third-order valence-electron chi connectivity index (χ3n) is 3.36. The highest BCUT2D eigenvalue weighted by molar-refractivity contribution is 5.80. The molecule has 2 aromatic heterocycles. The van der Waals surface area contributed by atoms with Crippen molar-refractivity contribution in [3.05, 3.63) is 12.1 Å². The van der Waals surface area contributed by atoms with Gasteiger partial charge in [-0.1, -0.05) is 0 Å². The second kappa shape index (κ2) is 4.39. The molecule has 0 spiro atoms. The molecule has 106 valence electrons. The van der Waals surface area contributed by atoms with Crippen LogP contribution in [0.15, 0.2) is 12.1 Å². The van der Waals surface area contributed by atoms with E-state index in [1.54, 1.807) is 6.07 Å². The molecular formula is C12H17N7O. The molecule has 1 aliphatic heterocycles. The molecule has 8 nitrogen and oxygen atoms in total. The average Bonchev–Trinajstić information content (AvgIpc) is 2.94. The molecule has 0 bridgehead atoms. The van der Waals surface area contributed by atoms with Gasteiger partial charge in [0, 0.05) is 18.5 Å². The van der Waals surface area contributed by atoms with Crippen LogP contribution >= 0.6 is 0 Å². The van der Waals surface area contributed by atoms with Crippen molar-refractivity contribution in [3.8, 4) is 0 Å². The number of likely N-dealkylation sites (tertiary alicyclic amines) is 1. The molecule has 1 amide bonds. The minimum Gasteiger partial charge on any atom is -0.364 e. The van der Waals surface area contributed by atoms with E-state index in [4.69, 9.17) is 0 Å². The van der Waals surface area contributed by atoms with E-state index in [0.717, 1.165) is 0 Å². The van der Waals surface area contributed by atoms with E-state index in [-0.39, 0.29) is 17.5 Å². The quantitative estimate of drug-likeness (QED) is 0.849. The van der Waals surface area contributed by atoms with Crippen LogP contribution < -0.4 is 5.32 Å². The predicted molar refractivity (Wildman–Crippen MR) is 72.1 cm³/mol. The normalized spacial score (nSPS) is 19.9. The molecule has 1 atom stereocenters. The number of tetrazole rings is 1. The fourth-order valence-corrected chi connectivity index (χ4v) is 2.39. The lowest BCUT2D eigenvalue weighted by Crippen LogP contribution is -2.43. The summed E-state index contributed by atoms with van der Waals surface area (Å²) in [4.78, 5) is 13.9. The van der Waals surface area contributed by atoms with Crippen LogP contribution in [0.3, 0.4) is 0 Å². The highest BCUT2D eigenvalue weighted by Gasteiger charge is 2.36. The van der Waals surface area contributed by atoms with Gasteiger partial charge in [0.15, 0.2) is 5.65 Å². The van der Waals surface area contributed by atoms with Crippen LogP contribution in [0.25, 0.3) is 5.65 Å². The van der Waals surface area contributed by atoms with E-state index >= 15 is 0 Å². The van der Waals surface area contributed by atoms with Crippen LogP contribution in [0.5, 0.6) is 0 Å². The summed E-state index contributed by atoms with van der Waals surface area (Å²) in [5.41, 5.74) is 0.440. The van der Waals surface area contributed by atoms with Crippen molar-refractivity contribution in [1.29, 1.82) is 0 Å². The fourth-order valence-electron chi connectivity index (χ4n) is 2.39. The van der Waals surface area contributed by atoms with Crippen molar-refractivity contribution in [3.63, 3.8) is 0 Å². The molecule has 0 aliphatic carbocycles. The van der Waals surface area contributed by atoms with Crippen molar-refractivity contribution >= 4 is 17.4 Å². The van der Waals surface area contributed by atoms with Crippen molar-refractivity contribution in [2.24, 2.45) is 0 Å². The molecule has 1 aliphatic rings. The summed E-state index contributed by atoms with van der Waals surface area (Å²) in [5, 5.41) is 18.6. The lowest BCUT2D eigenvalue weighted by atomic mass is 10.1.